The number of rotatable bonds is 2. The molecule has 0 radical (unpaired) electrons. The van der Waals surface area contributed by atoms with Crippen LogP contribution in [0.25, 0.3) is 0 Å². The van der Waals surface area contributed by atoms with Gasteiger partial charge >= 0.3 is 0 Å². The first-order chi connectivity index (χ1) is 8.97. The lowest BCUT2D eigenvalue weighted by Crippen LogP contribution is -2.13. The van der Waals surface area contributed by atoms with Gasteiger partial charge in [-0.15, -0.1) is 0 Å². The molecule has 0 unspecified atom stereocenters. The number of nitrogens with one attached hydrogen (secondary N) is 1. The minimum atomic E-state index is -0.243. The summed E-state index contributed by atoms with van der Waals surface area (Å²) in [5.41, 5.74) is 7.39. The predicted molar refractivity (Wildman–Crippen MR) is 90.7 cm³/mol. The van der Waals surface area contributed by atoms with Crippen LogP contribution < -0.4 is 11.1 Å². The maximum absolute atomic E-state index is 12.1. The summed E-state index contributed by atoms with van der Waals surface area (Å²) in [5, 5.41) is 3.31. The first-order valence-electron chi connectivity index (χ1n) is 5.29. The molecule has 0 aliphatic rings. The molecule has 0 aliphatic carbocycles. The van der Waals surface area contributed by atoms with Gasteiger partial charge < -0.3 is 11.1 Å². The Bertz CT molecular complexity index is 649. The van der Waals surface area contributed by atoms with E-state index in [1.54, 1.807) is 30.3 Å². The Balaban J connectivity index is 2.23. The molecular formula is C13H9BrClIN2O. The van der Waals surface area contributed by atoms with Gasteiger partial charge in [-0.25, -0.2) is 0 Å². The van der Waals surface area contributed by atoms with Crippen molar-refractivity contribution in [1.82, 2.24) is 0 Å². The van der Waals surface area contributed by atoms with E-state index >= 15 is 0 Å². The zero-order chi connectivity index (χ0) is 14.0. The third-order valence-corrected chi connectivity index (χ3v) is 4.51. The molecule has 0 aliphatic heterocycles. The van der Waals surface area contributed by atoms with Crippen molar-refractivity contribution in [2.24, 2.45) is 0 Å². The van der Waals surface area contributed by atoms with E-state index in [-0.39, 0.29) is 5.91 Å². The Morgan fingerprint density at radius 3 is 2.63 bits per heavy atom. The molecule has 0 bridgehead atoms. The van der Waals surface area contributed by atoms with Gasteiger partial charge in [0, 0.05) is 13.6 Å². The largest absolute Gasteiger partial charge is 0.397 e. The van der Waals surface area contributed by atoms with Crippen LogP contribution in [0.4, 0.5) is 11.4 Å². The Hall–Kier alpha value is -0.790. The second-order valence-corrected chi connectivity index (χ2v) is 6.30. The highest BCUT2D eigenvalue weighted by Gasteiger charge is 2.10. The smallest absolute Gasteiger partial charge is 0.255 e. The fourth-order valence-electron chi connectivity index (χ4n) is 1.48. The van der Waals surface area contributed by atoms with E-state index in [0.717, 1.165) is 8.04 Å². The van der Waals surface area contributed by atoms with E-state index in [9.17, 15) is 4.79 Å². The minimum Gasteiger partial charge on any atom is -0.397 e. The number of benzene rings is 2. The summed E-state index contributed by atoms with van der Waals surface area (Å²) in [6, 6.07) is 10.4. The summed E-state index contributed by atoms with van der Waals surface area (Å²) in [4.78, 5) is 12.1. The zero-order valence-corrected chi connectivity index (χ0v) is 14.1. The van der Waals surface area contributed by atoms with Crippen molar-refractivity contribution in [3.8, 4) is 0 Å². The molecule has 0 aromatic heterocycles. The second-order valence-electron chi connectivity index (χ2n) is 3.81. The number of hydrogen-bond acceptors (Lipinski definition) is 2. The summed E-state index contributed by atoms with van der Waals surface area (Å²) in [6.45, 7) is 0. The van der Waals surface area contributed by atoms with Gasteiger partial charge in [-0.05, 0) is 59.0 Å². The second kappa shape index (κ2) is 6.11. The van der Waals surface area contributed by atoms with Crippen LogP contribution in [0.2, 0.25) is 5.02 Å². The summed E-state index contributed by atoms with van der Waals surface area (Å²) in [7, 11) is 0. The number of hydrogen-bond donors (Lipinski definition) is 2. The van der Waals surface area contributed by atoms with Gasteiger partial charge in [0.1, 0.15) is 0 Å². The first kappa shape index (κ1) is 14.6. The Labute approximate surface area is 137 Å². The van der Waals surface area contributed by atoms with Crippen molar-refractivity contribution < 1.29 is 4.79 Å². The van der Waals surface area contributed by atoms with Crippen LogP contribution in [-0.4, -0.2) is 5.91 Å². The molecule has 0 saturated carbocycles. The predicted octanol–water partition coefficient (Wildman–Crippen LogP) is 4.54. The van der Waals surface area contributed by atoms with E-state index in [2.05, 4.69) is 43.8 Å². The fourth-order valence-corrected chi connectivity index (χ4v) is 2.37. The molecule has 19 heavy (non-hydrogen) atoms. The molecule has 0 spiro atoms. The van der Waals surface area contributed by atoms with Crippen LogP contribution in [0, 0.1) is 3.57 Å². The van der Waals surface area contributed by atoms with Gasteiger partial charge in [-0.1, -0.05) is 27.5 Å². The quantitative estimate of drug-likeness (QED) is 0.520. The first-order valence-corrected chi connectivity index (χ1v) is 7.54. The Kier molecular flexibility index (Phi) is 4.70. The average molecular weight is 451 g/mol. The molecular weight excluding hydrogens is 442 g/mol. The molecule has 6 heteroatoms. The van der Waals surface area contributed by atoms with Crippen molar-refractivity contribution in [2.75, 3.05) is 11.1 Å². The minimum absolute atomic E-state index is 0.243. The molecule has 0 saturated heterocycles. The molecule has 2 rings (SSSR count). The van der Waals surface area contributed by atoms with Crippen LogP contribution in [0.5, 0.6) is 0 Å². The number of carbonyl (C=O) groups is 1. The van der Waals surface area contributed by atoms with Gasteiger partial charge in [0.2, 0.25) is 0 Å². The SMILES string of the molecule is Nc1cc(Br)ccc1NC(=O)c1ccc(I)c(Cl)c1. The number of amides is 1. The van der Waals surface area contributed by atoms with Gasteiger partial charge in [0.25, 0.3) is 5.91 Å². The Morgan fingerprint density at radius 2 is 2.00 bits per heavy atom. The third-order valence-electron chi connectivity index (χ3n) is 2.44. The van der Waals surface area contributed by atoms with E-state index in [0.29, 0.717) is 22.0 Å². The summed E-state index contributed by atoms with van der Waals surface area (Å²) >= 11 is 11.4. The summed E-state index contributed by atoms with van der Waals surface area (Å²) in [6.07, 6.45) is 0. The van der Waals surface area contributed by atoms with Crippen molar-refractivity contribution in [2.45, 2.75) is 0 Å². The number of halogens is 3. The average Bonchev–Trinajstić information content (AvgIpc) is 2.36. The summed E-state index contributed by atoms with van der Waals surface area (Å²) < 4.78 is 1.76. The van der Waals surface area contributed by atoms with Gasteiger partial charge in [0.05, 0.1) is 16.4 Å². The Morgan fingerprint density at radius 1 is 1.26 bits per heavy atom. The van der Waals surface area contributed by atoms with Crippen LogP contribution in [0.15, 0.2) is 40.9 Å². The number of anilines is 2. The zero-order valence-electron chi connectivity index (χ0n) is 9.58. The van der Waals surface area contributed by atoms with Crippen LogP contribution in [-0.2, 0) is 0 Å². The molecule has 2 aromatic carbocycles. The topological polar surface area (TPSA) is 55.1 Å². The molecule has 3 N–H and O–H groups in total. The third kappa shape index (κ3) is 3.61. The molecule has 0 atom stereocenters. The van der Waals surface area contributed by atoms with Crippen LogP contribution in [0.3, 0.4) is 0 Å². The lowest BCUT2D eigenvalue weighted by molar-refractivity contribution is 0.102. The van der Waals surface area contributed by atoms with Gasteiger partial charge in [-0.3, -0.25) is 4.79 Å². The molecule has 3 nitrogen and oxygen atoms in total. The maximum Gasteiger partial charge on any atom is 0.255 e. The van der Waals surface area contributed by atoms with Gasteiger partial charge in [-0.2, -0.15) is 0 Å². The van der Waals surface area contributed by atoms with E-state index < -0.39 is 0 Å². The van der Waals surface area contributed by atoms with Crippen molar-refractivity contribution in [3.05, 3.63) is 55.0 Å². The highest BCUT2D eigenvalue weighted by atomic mass is 127. The standard InChI is InChI=1S/C13H9BrClIN2O/c14-8-2-4-12(11(17)6-8)18-13(19)7-1-3-10(16)9(15)5-7/h1-6H,17H2,(H,18,19). The normalized spacial score (nSPS) is 10.3. The van der Waals surface area contributed by atoms with Crippen LogP contribution >= 0.6 is 50.1 Å². The molecule has 1 amide bonds. The lowest BCUT2D eigenvalue weighted by atomic mass is 10.2. The van der Waals surface area contributed by atoms with E-state index in [1.807, 2.05) is 6.07 Å². The molecule has 2 aromatic rings. The fraction of sp³-hybridized carbons (Fsp3) is 0. The van der Waals surface area contributed by atoms with Crippen molar-refractivity contribution >= 4 is 67.4 Å². The molecule has 0 fully saturated rings. The van der Waals surface area contributed by atoms with Crippen LogP contribution in [0.1, 0.15) is 10.4 Å². The number of nitrogen functional groups attached to an aromatic ring is 1. The number of carbonyl (C=O) groups excluding carboxylic acids is 1. The molecule has 0 heterocycles. The summed E-state index contributed by atoms with van der Waals surface area (Å²) in [5.74, 6) is -0.243. The number of nitrogens with two attached hydrogens (primary N) is 1. The lowest BCUT2D eigenvalue weighted by Gasteiger charge is -2.09. The van der Waals surface area contributed by atoms with Crippen molar-refractivity contribution in [1.29, 1.82) is 0 Å². The highest BCUT2D eigenvalue weighted by molar-refractivity contribution is 14.1. The van der Waals surface area contributed by atoms with Gasteiger partial charge in [0.15, 0.2) is 0 Å². The highest BCUT2D eigenvalue weighted by Crippen LogP contribution is 2.24. The van der Waals surface area contributed by atoms with Crippen molar-refractivity contribution in [3.63, 3.8) is 0 Å². The monoisotopic (exact) mass is 450 g/mol. The van der Waals surface area contributed by atoms with E-state index in [4.69, 9.17) is 17.3 Å². The maximum atomic E-state index is 12.1. The van der Waals surface area contributed by atoms with E-state index in [1.165, 1.54) is 0 Å². The molecule has 98 valence electrons.